The van der Waals surface area contributed by atoms with Gasteiger partial charge in [0.1, 0.15) is 5.72 Å². The summed E-state index contributed by atoms with van der Waals surface area (Å²) in [4.78, 5) is 14.3. The summed E-state index contributed by atoms with van der Waals surface area (Å²) in [6, 6.07) is 0.243. The van der Waals surface area contributed by atoms with Gasteiger partial charge in [0, 0.05) is 12.3 Å². The van der Waals surface area contributed by atoms with Gasteiger partial charge in [-0.05, 0) is 19.3 Å². The molecule has 0 N–H and O–H groups in total. The summed E-state index contributed by atoms with van der Waals surface area (Å²) < 4.78 is 5.86. The predicted molar refractivity (Wildman–Crippen MR) is 62.8 cm³/mol. The maximum Gasteiger partial charge on any atom is 0.228 e. The van der Waals surface area contributed by atoms with Gasteiger partial charge in [-0.25, -0.2) is 0 Å². The van der Waals surface area contributed by atoms with Crippen LogP contribution in [0.1, 0.15) is 33.6 Å². The van der Waals surface area contributed by atoms with Gasteiger partial charge < -0.3 is 9.64 Å². The monoisotopic (exact) mass is 223 g/mol. The molecule has 90 valence electrons. The Labute approximate surface area is 97.5 Å². The third-order valence-electron chi connectivity index (χ3n) is 3.84. The molecule has 0 spiro atoms. The van der Waals surface area contributed by atoms with Crippen molar-refractivity contribution < 1.29 is 9.53 Å². The molecule has 0 saturated carbocycles. The summed E-state index contributed by atoms with van der Waals surface area (Å²) in [6.07, 6.45) is 3.40. The second kappa shape index (κ2) is 3.88. The molecule has 3 nitrogen and oxygen atoms in total. The number of nitrogens with zero attached hydrogens (tertiary/aromatic N) is 1. The van der Waals surface area contributed by atoms with Crippen molar-refractivity contribution in [3.8, 4) is 0 Å². The Morgan fingerprint density at radius 1 is 1.69 bits per heavy atom. The van der Waals surface area contributed by atoms with Crippen molar-refractivity contribution in [3.63, 3.8) is 0 Å². The van der Waals surface area contributed by atoms with Crippen LogP contribution >= 0.6 is 0 Å². The topological polar surface area (TPSA) is 29.5 Å². The van der Waals surface area contributed by atoms with Crippen LogP contribution in [0.2, 0.25) is 0 Å². The van der Waals surface area contributed by atoms with Gasteiger partial charge in [0.25, 0.3) is 0 Å². The van der Waals surface area contributed by atoms with E-state index < -0.39 is 0 Å². The molecule has 2 aliphatic heterocycles. The van der Waals surface area contributed by atoms with Gasteiger partial charge in [-0.1, -0.05) is 19.9 Å². The fraction of sp³-hybridized carbons (Fsp3) is 0.769. The first-order chi connectivity index (χ1) is 7.49. The molecule has 0 aliphatic carbocycles. The summed E-state index contributed by atoms with van der Waals surface area (Å²) >= 11 is 0. The van der Waals surface area contributed by atoms with Crippen molar-refractivity contribution in [1.82, 2.24) is 4.90 Å². The highest BCUT2D eigenvalue weighted by Gasteiger charge is 2.55. The molecule has 0 aromatic rings. The standard InChI is InChI=1S/C13H21NO2/c1-5-6-10-7-13(4)14(12(10)15)11(8-16-13)9(2)3/h5,9-11H,1,6-8H2,2-4H3/t10-,11+,13+/m0/s1. The molecule has 2 rings (SSSR count). The summed E-state index contributed by atoms with van der Waals surface area (Å²) in [5, 5.41) is 0. The van der Waals surface area contributed by atoms with Gasteiger partial charge in [-0.3, -0.25) is 4.79 Å². The number of rotatable bonds is 3. The average Bonchev–Trinajstić information content (AvgIpc) is 2.64. The SMILES string of the molecule is C=CC[C@H]1C[C@@]2(C)OC[C@H](C(C)C)N2C1=O. The van der Waals surface area contributed by atoms with Crippen LogP contribution in [0.4, 0.5) is 0 Å². The normalized spacial score (nSPS) is 38.2. The van der Waals surface area contributed by atoms with Gasteiger partial charge in [0.2, 0.25) is 5.91 Å². The van der Waals surface area contributed by atoms with Crippen LogP contribution in [0.15, 0.2) is 12.7 Å². The number of allylic oxidation sites excluding steroid dienone is 1. The van der Waals surface area contributed by atoms with Crippen LogP contribution < -0.4 is 0 Å². The summed E-state index contributed by atoms with van der Waals surface area (Å²) in [7, 11) is 0. The molecule has 0 aromatic carbocycles. The molecule has 1 amide bonds. The highest BCUT2D eigenvalue weighted by molar-refractivity contribution is 5.83. The lowest BCUT2D eigenvalue weighted by molar-refractivity contribution is -0.139. The predicted octanol–water partition coefficient (Wildman–Crippen LogP) is 2.18. The molecule has 16 heavy (non-hydrogen) atoms. The number of ether oxygens (including phenoxy) is 1. The number of amides is 1. The molecule has 2 aliphatic rings. The highest BCUT2D eigenvalue weighted by atomic mass is 16.5. The number of hydrogen-bond acceptors (Lipinski definition) is 2. The quantitative estimate of drug-likeness (QED) is 0.686. The van der Waals surface area contributed by atoms with Gasteiger partial charge in [0.05, 0.1) is 12.6 Å². The maximum absolute atomic E-state index is 12.3. The van der Waals surface area contributed by atoms with E-state index in [1.54, 1.807) is 0 Å². The third-order valence-corrected chi connectivity index (χ3v) is 3.84. The van der Waals surface area contributed by atoms with Crippen LogP contribution in [0.5, 0.6) is 0 Å². The Morgan fingerprint density at radius 3 is 2.94 bits per heavy atom. The number of carbonyl (C=O) groups excluding carboxylic acids is 1. The van der Waals surface area contributed by atoms with Crippen LogP contribution in [0.3, 0.4) is 0 Å². The first kappa shape index (κ1) is 11.6. The van der Waals surface area contributed by atoms with E-state index in [9.17, 15) is 4.79 Å². The molecule has 0 bridgehead atoms. The van der Waals surface area contributed by atoms with E-state index in [-0.39, 0.29) is 23.6 Å². The minimum Gasteiger partial charge on any atom is -0.354 e. The average molecular weight is 223 g/mol. The van der Waals surface area contributed by atoms with E-state index in [4.69, 9.17) is 4.74 Å². The Hall–Kier alpha value is -0.830. The Balaban J connectivity index is 2.22. The summed E-state index contributed by atoms with van der Waals surface area (Å²) in [5.41, 5.74) is -0.361. The van der Waals surface area contributed by atoms with E-state index >= 15 is 0 Å². The van der Waals surface area contributed by atoms with E-state index in [1.807, 2.05) is 17.9 Å². The lowest BCUT2D eigenvalue weighted by Gasteiger charge is -2.31. The number of hydrogen-bond donors (Lipinski definition) is 0. The minimum atomic E-state index is -0.361. The van der Waals surface area contributed by atoms with Crippen LogP contribution in [0.25, 0.3) is 0 Å². The van der Waals surface area contributed by atoms with Crippen LogP contribution in [-0.4, -0.2) is 29.2 Å². The first-order valence-electron chi connectivity index (χ1n) is 6.07. The molecular weight excluding hydrogens is 202 g/mol. The molecule has 3 atom stereocenters. The summed E-state index contributed by atoms with van der Waals surface area (Å²) in [5.74, 6) is 0.774. The summed E-state index contributed by atoms with van der Waals surface area (Å²) in [6.45, 7) is 10.7. The third kappa shape index (κ3) is 1.58. The Morgan fingerprint density at radius 2 is 2.38 bits per heavy atom. The molecule has 2 heterocycles. The van der Waals surface area contributed by atoms with Gasteiger partial charge in [-0.2, -0.15) is 0 Å². The second-order valence-corrected chi connectivity index (χ2v) is 5.43. The zero-order valence-electron chi connectivity index (χ0n) is 10.4. The molecule has 2 saturated heterocycles. The molecule has 0 radical (unpaired) electrons. The van der Waals surface area contributed by atoms with E-state index in [1.165, 1.54) is 0 Å². The molecule has 0 unspecified atom stereocenters. The Bertz CT molecular complexity index is 313. The van der Waals surface area contributed by atoms with Crippen LogP contribution in [0, 0.1) is 11.8 Å². The lowest BCUT2D eigenvalue weighted by atomic mass is 10.0. The van der Waals surface area contributed by atoms with E-state index in [2.05, 4.69) is 20.4 Å². The fourth-order valence-electron chi connectivity index (χ4n) is 2.93. The smallest absolute Gasteiger partial charge is 0.228 e. The first-order valence-corrected chi connectivity index (χ1v) is 6.07. The molecule has 2 fully saturated rings. The van der Waals surface area contributed by atoms with Gasteiger partial charge in [-0.15, -0.1) is 6.58 Å². The molecule has 0 aromatic heterocycles. The van der Waals surface area contributed by atoms with Crippen molar-refractivity contribution in [2.75, 3.05) is 6.61 Å². The van der Waals surface area contributed by atoms with Crippen molar-refractivity contribution >= 4 is 5.91 Å². The Kier molecular flexibility index (Phi) is 2.82. The fourth-order valence-corrected chi connectivity index (χ4v) is 2.93. The van der Waals surface area contributed by atoms with Crippen molar-refractivity contribution in [1.29, 1.82) is 0 Å². The molecular formula is C13H21NO2. The van der Waals surface area contributed by atoms with Crippen molar-refractivity contribution in [2.24, 2.45) is 11.8 Å². The second-order valence-electron chi connectivity index (χ2n) is 5.43. The highest BCUT2D eigenvalue weighted by Crippen LogP contribution is 2.43. The minimum absolute atomic E-state index is 0.0732. The maximum atomic E-state index is 12.3. The molecule has 3 heteroatoms. The van der Waals surface area contributed by atoms with Gasteiger partial charge >= 0.3 is 0 Å². The van der Waals surface area contributed by atoms with Crippen molar-refractivity contribution in [3.05, 3.63) is 12.7 Å². The largest absolute Gasteiger partial charge is 0.354 e. The zero-order chi connectivity index (χ0) is 11.9. The van der Waals surface area contributed by atoms with E-state index in [0.29, 0.717) is 12.5 Å². The van der Waals surface area contributed by atoms with Crippen LogP contribution in [-0.2, 0) is 9.53 Å². The zero-order valence-corrected chi connectivity index (χ0v) is 10.4. The lowest BCUT2D eigenvalue weighted by Crippen LogP contribution is -2.45. The number of carbonyl (C=O) groups is 1. The van der Waals surface area contributed by atoms with Gasteiger partial charge in [0.15, 0.2) is 0 Å². The van der Waals surface area contributed by atoms with Crippen molar-refractivity contribution in [2.45, 2.75) is 45.4 Å². The number of fused-ring (bicyclic) bond motifs is 1. The van der Waals surface area contributed by atoms with E-state index in [0.717, 1.165) is 12.8 Å².